The summed E-state index contributed by atoms with van der Waals surface area (Å²) in [7, 11) is -7.11. The Balaban J connectivity index is 2.26. The van der Waals surface area contributed by atoms with Crippen molar-refractivity contribution in [2.45, 2.75) is 34.6 Å². The number of nitrogens with one attached hydrogen (secondary N) is 1. The van der Waals surface area contributed by atoms with Crippen LogP contribution in [0.1, 0.15) is 19.3 Å². The number of hydrogen-bond donors (Lipinski definition) is 2. The maximum atomic E-state index is 12.2. The van der Waals surface area contributed by atoms with E-state index in [1.807, 2.05) is 0 Å². The van der Waals surface area contributed by atoms with Crippen LogP contribution in [0, 0.1) is 0 Å². The highest BCUT2D eigenvalue weighted by Gasteiger charge is 2.40. The van der Waals surface area contributed by atoms with E-state index < -0.39 is 25.4 Å². The lowest BCUT2D eigenvalue weighted by Crippen LogP contribution is -2.55. The first-order valence-corrected chi connectivity index (χ1v) is 9.51. The minimum atomic E-state index is -3.76. The van der Waals surface area contributed by atoms with E-state index >= 15 is 0 Å². The number of aliphatic hydroxyl groups excluding tert-OH is 1. The highest BCUT2D eigenvalue weighted by atomic mass is 32.2. The molecule has 0 aromatic heterocycles. The van der Waals surface area contributed by atoms with Crippen LogP contribution in [0.4, 0.5) is 0 Å². The van der Waals surface area contributed by atoms with E-state index in [0.717, 1.165) is 12.7 Å². The number of sulfone groups is 1. The molecule has 1 aliphatic rings. The molecule has 1 fully saturated rings. The fourth-order valence-electron chi connectivity index (χ4n) is 2.11. The van der Waals surface area contributed by atoms with E-state index in [0.29, 0.717) is 12.8 Å². The Bertz CT molecular complexity index is 682. The molecule has 0 aliphatic heterocycles. The van der Waals surface area contributed by atoms with Crippen LogP contribution in [-0.4, -0.2) is 40.3 Å². The van der Waals surface area contributed by atoms with Gasteiger partial charge in [-0.2, -0.15) is 0 Å². The van der Waals surface area contributed by atoms with Crippen LogP contribution < -0.4 is 4.72 Å². The van der Waals surface area contributed by atoms with Gasteiger partial charge in [-0.25, -0.2) is 21.6 Å². The van der Waals surface area contributed by atoms with Gasteiger partial charge < -0.3 is 5.11 Å². The standard InChI is InChI=1S/C12H17NO5S2/c1-19(15,16)10-3-5-11(6-4-10)20(17,18)13-12(9-14)7-2-8-12/h3-6,13-14H,2,7-9H2,1H3. The van der Waals surface area contributed by atoms with Crippen LogP contribution in [0.5, 0.6) is 0 Å². The van der Waals surface area contributed by atoms with Crippen molar-refractivity contribution in [1.29, 1.82) is 0 Å². The van der Waals surface area contributed by atoms with E-state index in [2.05, 4.69) is 4.72 Å². The zero-order valence-corrected chi connectivity index (χ0v) is 12.7. The molecule has 0 radical (unpaired) electrons. The molecule has 1 aromatic rings. The van der Waals surface area contributed by atoms with Gasteiger partial charge in [-0.15, -0.1) is 0 Å². The summed E-state index contributed by atoms with van der Waals surface area (Å²) in [6, 6.07) is 5.03. The average molecular weight is 319 g/mol. The van der Waals surface area contributed by atoms with Gasteiger partial charge in [0.25, 0.3) is 0 Å². The zero-order chi connectivity index (χ0) is 15.0. The fraction of sp³-hybridized carbons (Fsp3) is 0.500. The van der Waals surface area contributed by atoms with Gasteiger partial charge in [0.05, 0.1) is 21.9 Å². The zero-order valence-electron chi connectivity index (χ0n) is 11.0. The van der Waals surface area contributed by atoms with Crippen molar-refractivity contribution in [2.75, 3.05) is 12.9 Å². The molecular formula is C12H17NO5S2. The van der Waals surface area contributed by atoms with Crippen molar-refractivity contribution in [1.82, 2.24) is 4.72 Å². The van der Waals surface area contributed by atoms with E-state index in [9.17, 15) is 21.9 Å². The maximum absolute atomic E-state index is 12.2. The molecule has 6 nitrogen and oxygen atoms in total. The smallest absolute Gasteiger partial charge is 0.241 e. The summed E-state index contributed by atoms with van der Waals surface area (Å²) in [6.07, 6.45) is 3.13. The third kappa shape index (κ3) is 3.03. The van der Waals surface area contributed by atoms with Crippen molar-refractivity contribution in [3.63, 3.8) is 0 Å². The quantitative estimate of drug-likeness (QED) is 0.812. The van der Waals surface area contributed by atoms with Gasteiger partial charge in [-0.3, -0.25) is 0 Å². The molecule has 0 unspecified atom stereocenters. The van der Waals surface area contributed by atoms with Crippen LogP contribution in [0.15, 0.2) is 34.1 Å². The predicted molar refractivity (Wildman–Crippen MR) is 73.5 cm³/mol. The Hall–Kier alpha value is -0.960. The lowest BCUT2D eigenvalue weighted by atomic mass is 9.78. The number of rotatable bonds is 5. The summed E-state index contributed by atoms with van der Waals surface area (Å²) in [5.74, 6) is 0. The lowest BCUT2D eigenvalue weighted by Gasteiger charge is -2.40. The number of hydrogen-bond acceptors (Lipinski definition) is 5. The summed E-state index contributed by atoms with van der Waals surface area (Å²) >= 11 is 0. The first kappa shape index (κ1) is 15.4. The third-order valence-electron chi connectivity index (χ3n) is 3.53. The molecular weight excluding hydrogens is 302 g/mol. The second-order valence-corrected chi connectivity index (χ2v) is 8.84. The van der Waals surface area contributed by atoms with Gasteiger partial charge in [0, 0.05) is 6.26 Å². The van der Waals surface area contributed by atoms with Crippen LogP contribution in [0.2, 0.25) is 0 Å². The van der Waals surface area contributed by atoms with Crippen LogP contribution in [-0.2, 0) is 19.9 Å². The van der Waals surface area contributed by atoms with Crippen molar-refractivity contribution < 1.29 is 21.9 Å². The molecule has 1 aliphatic carbocycles. The van der Waals surface area contributed by atoms with Gasteiger partial charge in [0.2, 0.25) is 10.0 Å². The number of sulfonamides is 1. The monoisotopic (exact) mass is 319 g/mol. The molecule has 0 spiro atoms. The molecule has 0 amide bonds. The molecule has 1 aromatic carbocycles. The van der Waals surface area contributed by atoms with E-state index in [-0.39, 0.29) is 16.4 Å². The Kier molecular flexibility index (Phi) is 3.94. The van der Waals surface area contributed by atoms with Gasteiger partial charge in [-0.05, 0) is 43.5 Å². The van der Waals surface area contributed by atoms with E-state index in [1.54, 1.807) is 0 Å². The van der Waals surface area contributed by atoms with Crippen molar-refractivity contribution in [3.8, 4) is 0 Å². The van der Waals surface area contributed by atoms with Gasteiger partial charge in [0.1, 0.15) is 0 Å². The topological polar surface area (TPSA) is 101 Å². The summed E-state index contributed by atoms with van der Waals surface area (Å²) in [5.41, 5.74) is -0.770. The van der Waals surface area contributed by atoms with Crippen molar-refractivity contribution in [2.24, 2.45) is 0 Å². The highest BCUT2D eigenvalue weighted by molar-refractivity contribution is 7.90. The molecule has 112 valence electrons. The minimum absolute atomic E-state index is 0.00961. The van der Waals surface area contributed by atoms with Crippen molar-refractivity contribution >= 4 is 19.9 Å². The number of aliphatic hydroxyl groups is 1. The van der Waals surface area contributed by atoms with Crippen molar-refractivity contribution in [3.05, 3.63) is 24.3 Å². The van der Waals surface area contributed by atoms with E-state index in [4.69, 9.17) is 0 Å². The molecule has 0 saturated heterocycles. The molecule has 0 bridgehead atoms. The minimum Gasteiger partial charge on any atom is -0.394 e. The largest absolute Gasteiger partial charge is 0.394 e. The second-order valence-electron chi connectivity index (χ2n) is 5.14. The highest BCUT2D eigenvalue weighted by Crippen LogP contribution is 2.32. The molecule has 20 heavy (non-hydrogen) atoms. The van der Waals surface area contributed by atoms with Crippen LogP contribution >= 0.6 is 0 Å². The fourth-order valence-corrected chi connectivity index (χ4v) is 4.19. The molecule has 1 saturated carbocycles. The third-order valence-corrected chi connectivity index (χ3v) is 6.25. The summed E-state index contributed by atoms with van der Waals surface area (Å²) in [4.78, 5) is 0.0570. The van der Waals surface area contributed by atoms with E-state index in [1.165, 1.54) is 24.3 Å². The molecule has 2 N–H and O–H groups in total. The van der Waals surface area contributed by atoms with Gasteiger partial charge >= 0.3 is 0 Å². The Morgan fingerprint density at radius 1 is 1.10 bits per heavy atom. The first-order valence-electron chi connectivity index (χ1n) is 6.14. The Morgan fingerprint density at radius 3 is 1.95 bits per heavy atom. The molecule has 0 heterocycles. The van der Waals surface area contributed by atoms with Crippen LogP contribution in [0.3, 0.4) is 0 Å². The normalized spacial score (nSPS) is 18.5. The first-order chi connectivity index (χ1) is 9.19. The maximum Gasteiger partial charge on any atom is 0.241 e. The Morgan fingerprint density at radius 2 is 1.60 bits per heavy atom. The Labute approximate surface area is 118 Å². The van der Waals surface area contributed by atoms with Gasteiger partial charge in [0.15, 0.2) is 9.84 Å². The molecule has 8 heteroatoms. The predicted octanol–water partition coefficient (Wildman–Crippen LogP) is 0.283. The van der Waals surface area contributed by atoms with Gasteiger partial charge in [-0.1, -0.05) is 0 Å². The summed E-state index contributed by atoms with van der Waals surface area (Å²) in [6.45, 7) is -0.242. The second kappa shape index (κ2) is 5.10. The summed E-state index contributed by atoms with van der Waals surface area (Å²) in [5, 5.41) is 9.29. The lowest BCUT2D eigenvalue weighted by molar-refractivity contribution is 0.110. The molecule has 2 rings (SSSR count). The SMILES string of the molecule is CS(=O)(=O)c1ccc(S(=O)(=O)NC2(CO)CCC2)cc1. The molecule has 0 atom stereocenters. The summed E-state index contributed by atoms with van der Waals surface area (Å²) < 4.78 is 49.5. The van der Waals surface area contributed by atoms with Crippen LogP contribution in [0.25, 0.3) is 0 Å². The average Bonchev–Trinajstić information content (AvgIpc) is 2.33. The number of benzene rings is 1.